The third-order valence-corrected chi connectivity index (χ3v) is 3.31. The van der Waals surface area contributed by atoms with E-state index >= 15 is 0 Å². The van der Waals surface area contributed by atoms with E-state index in [1.54, 1.807) is 4.90 Å². The zero-order valence-corrected chi connectivity index (χ0v) is 9.75. The van der Waals surface area contributed by atoms with Crippen molar-refractivity contribution >= 4 is 6.09 Å². The zero-order valence-electron chi connectivity index (χ0n) is 9.75. The average molecular weight is 212 g/mol. The molecule has 1 aliphatic heterocycles. The summed E-state index contributed by atoms with van der Waals surface area (Å²) in [4.78, 5) is 13.6. The van der Waals surface area contributed by atoms with Gasteiger partial charge in [-0.2, -0.15) is 0 Å². The Morgan fingerprint density at radius 1 is 1.53 bits per heavy atom. The lowest BCUT2D eigenvalue weighted by atomic mass is 9.85. The van der Waals surface area contributed by atoms with Crippen molar-refractivity contribution in [2.24, 2.45) is 11.1 Å². The molecule has 2 rings (SSSR count). The second-order valence-electron chi connectivity index (χ2n) is 5.72. The third kappa shape index (κ3) is 1.83. The molecule has 4 heteroatoms. The van der Waals surface area contributed by atoms with Gasteiger partial charge in [0.05, 0.1) is 6.04 Å². The number of hydrogen-bond donors (Lipinski definition) is 1. The fraction of sp³-hybridized carbons (Fsp3) is 0.909. The summed E-state index contributed by atoms with van der Waals surface area (Å²) in [5, 5.41) is 0. The summed E-state index contributed by atoms with van der Waals surface area (Å²) in [6, 6.07) is 0.215. The second kappa shape index (κ2) is 3.11. The number of hydrogen-bond acceptors (Lipinski definition) is 3. The van der Waals surface area contributed by atoms with E-state index in [0.29, 0.717) is 12.0 Å². The highest BCUT2D eigenvalue weighted by Gasteiger charge is 2.61. The molecule has 1 amide bonds. The van der Waals surface area contributed by atoms with Crippen LogP contribution in [0.2, 0.25) is 0 Å². The lowest BCUT2D eigenvalue weighted by Crippen LogP contribution is -2.63. The first kappa shape index (κ1) is 10.7. The van der Waals surface area contributed by atoms with E-state index in [1.165, 1.54) is 12.8 Å². The van der Waals surface area contributed by atoms with E-state index in [-0.39, 0.29) is 12.1 Å². The highest BCUT2D eigenvalue weighted by molar-refractivity contribution is 5.70. The van der Waals surface area contributed by atoms with E-state index < -0.39 is 5.60 Å². The summed E-state index contributed by atoms with van der Waals surface area (Å²) in [5.74, 6) is 0. The van der Waals surface area contributed by atoms with Crippen molar-refractivity contribution in [3.63, 3.8) is 0 Å². The molecular formula is C11H20N2O2. The summed E-state index contributed by atoms with van der Waals surface area (Å²) in [5.41, 5.74) is 5.64. The number of ether oxygens (including phenoxy) is 1. The molecule has 1 saturated heterocycles. The van der Waals surface area contributed by atoms with Crippen LogP contribution >= 0.6 is 0 Å². The van der Waals surface area contributed by atoms with Gasteiger partial charge < -0.3 is 15.4 Å². The maximum atomic E-state index is 11.8. The number of nitrogens with zero attached hydrogens (tertiary/aromatic N) is 1. The van der Waals surface area contributed by atoms with Crippen LogP contribution in [0.3, 0.4) is 0 Å². The van der Waals surface area contributed by atoms with Crippen LogP contribution in [0, 0.1) is 5.41 Å². The first-order chi connectivity index (χ1) is 6.88. The van der Waals surface area contributed by atoms with Gasteiger partial charge in [-0.05, 0) is 33.6 Å². The van der Waals surface area contributed by atoms with Crippen LogP contribution in [0.4, 0.5) is 4.79 Å². The Kier molecular flexibility index (Phi) is 2.23. The Balaban J connectivity index is 1.92. The van der Waals surface area contributed by atoms with Crippen molar-refractivity contribution in [3.05, 3.63) is 0 Å². The Bertz CT molecular complexity index is 279. The predicted molar refractivity (Wildman–Crippen MR) is 57.4 cm³/mol. The molecule has 0 bridgehead atoms. The van der Waals surface area contributed by atoms with Gasteiger partial charge in [0.1, 0.15) is 5.60 Å². The molecule has 2 aliphatic rings. The molecule has 1 unspecified atom stereocenters. The van der Waals surface area contributed by atoms with Gasteiger partial charge in [0.15, 0.2) is 0 Å². The highest BCUT2D eigenvalue weighted by atomic mass is 16.6. The predicted octanol–water partition coefficient (Wildman–Crippen LogP) is 1.34. The van der Waals surface area contributed by atoms with Crippen LogP contribution in [-0.2, 0) is 4.74 Å². The van der Waals surface area contributed by atoms with E-state index in [1.807, 2.05) is 20.8 Å². The van der Waals surface area contributed by atoms with E-state index in [4.69, 9.17) is 10.5 Å². The molecule has 0 aromatic carbocycles. The molecule has 0 aromatic rings. The smallest absolute Gasteiger partial charge is 0.410 e. The Hall–Kier alpha value is -0.770. The molecule has 15 heavy (non-hydrogen) atoms. The second-order valence-corrected chi connectivity index (χ2v) is 5.72. The van der Waals surface area contributed by atoms with Gasteiger partial charge in [0.2, 0.25) is 0 Å². The van der Waals surface area contributed by atoms with E-state index in [0.717, 1.165) is 6.54 Å². The van der Waals surface area contributed by atoms with Crippen LogP contribution < -0.4 is 5.73 Å². The number of carbonyl (C=O) groups excluding carboxylic acids is 1. The lowest BCUT2D eigenvalue weighted by Gasteiger charge is -2.48. The zero-order chi connectivity index (χ0) is 11.3. The van der Waals surface area contributed by atoms with Gasteiger partial charge in [-0.3, -0.25) is 0 Å². The Morgan fingerprint density at radius 3 is 2.53 bits per heavy atom. The van der Waals surface area contributed by atoms with E-state index in [9.17, 15) is 4.79 Å². The summed E-state index contributed by atoms with van der Waals surface area (Å²) in [6.45, 7) is 7.04. The maximum Gasteiger partial charge on any atom is 0.410 e. The number of rotatable bonds is 1. The van der Waals surface area contributed by atoms with Crippen LogP contribution in [0.5, 0.6) is 0 Å². The fourth-order valence-electron chi connectivity index (χ4n) is 2.31. The van der Waals surface area contributed by atoms with Gasteiger partial charge in [0.25, 0.3) is 0 Å². The van der Waals surface area contributed by atoms with Crippen molar-refractivity contribution in [1.82, 2.24) is 4.90 Å². The standard InChI is InChI=1S/C11H20N2O2/c1-10(2,3)15-9(14)13-7-11(4-5-11)8(13)6-12/h8H,4-7,12H2,1-3H3. The van der Waals surface area contributed by atoms with Gasteiger partial charge in [-0.25, -0.2) is 4.79 Å². The third-order valence-electron chi connectivity index (χ3n) is 3.31. The number of amides is 1. The van der Waals surface area contributed by atoms with Gasteiger partial charge in [-0.1, -0.05) is 0 Å². The Morgan fingerprint density at radius 2 is 2.13 bits per heavy atom. The minimum absolute atomic E-state index is 0.213. The van der Waals surface area contributed by atoms with Crippen molar-refractivity contribution in [2.75, 3.05) is 13.1 Å². The van der Waals surface area contributed by atoms with E-state index in [2.05, 4.69) is 0 Å². The molecule has 2 fully saturated rings. The maximum absolute atomic E-state index is 11.8. The first-order valence-electron chi connectivity index (χ1n) is 5.58. The largest absolute Gasteiger partial charge is 0.444 e. The minimum Gasteiger partial charge on any atom is -0.444 e. The van der Waals surface area contributed by atoms with Crippen LogP contribution in [0.25, 0.3) is 0 Å². The highest BCUT2D eigenvalue weighted by Crippen LogP contribution is 2.57. The summed E-state index contributed by atoms with van der Waals surface area (Å²) in [7, 11) is 0. The fourth-order valence-corrected chi connectivity index (χ4v) is 2.31. The van der Waals surface area contributed by atoms with Gasteiger partial charge in [0, 0.05) is 18.5 Å². The summed E-state index contributed by atoms with van der Waals surface area (Å²) in [6.07, 6.45) is 2.22. The molecule has 2 N–H and O–H groups in total. The van der Waals surface area contributed by atoms with Gasteiger partial charge >= 0.3 is 6.09 Å². The molecule has 1 spiro atoms. The average Bonchev–Trinajstić information content (AvgIpc) is 2.78. The molecule has 86 valence electrons. The first-order valence-corrected chi connectivity index (χ1v) is 5.58. The molecule has 1 heterocycles. The molecule has 1 saturated carbocycles. The molecule has 0 radical (unpaired) electrons. The van der Waals surface area contributed by atoms with Crippen molar-refractivity contribution in [2.45, 2.75) is 45.3 Å². The monoisotopic (exact) mass is 212 g/mol. The van der Waals surface area contributed by atoms with Crippen LogP contribution in [-0.4, -0.2) is 35.7 Å². The minimum atomic E-state index is -0.414. The SMILES string of the molecule is CC(C)(C)OC(=O)N1CC2(CC2)C1CN. The van der Waals surface area contributed by atoms with Crippen molar-refractivity contribution in [3.8, 4) is 0 Å². The number of likely N-dealkylation sites (tertiary alicyclic amines) is 1. The summed E-state index contributed by atoms with van der Waals surface area (Å²) < 4.78 is 5.33. The molecule has 0 aromatic heterocycles. The Labute approximate surface area is 90.8 Å². The topological polar surface area (TPSA) is 55.6 Å². The molecule has 1 aliphatic carbocycles. The lowest BCUT2D eigenvalue weighted by molar-refractivity contribution is -0.0361. The quantitative estimate of drug-likeness (QED) is 0.713. The van der Waals surface area contributed by atoms with Crippen LogP contribution in [0.15, 0.2) is 0 Å². The summed E-state index contributed by atoms with van der Waals surface area (Å²) >= 11 is 0. The molecular weight excluding hydrogens is 192 g/mol. The van der Waals surface area contributed by atoms with Crippen molar-refractivity contribution in [1.29, 1.82) is 0 Å². The van der Waals surface area contributed by atoms with Crippen molar-refractivity contribution < 1.29 is 9.53 Å². The number of carbonyl (C=O) groups is 1. The normalized spacial score (nSPS) is 27.5. The number of nitrogens with two attached hydrogens (primary N) is 1. The molecule has 1 atom stereocenters. The van der Waals surface area contributed by atoms with Gasteiger partial charge in [-0.15, -0.1) is 0 Å². The van der Waals surface area contributed by atoms with Crippen LogP contribution in [0.1, 0.15) is 33.6 Å². The molecule has 4 nitrogen and oxygen atoms in total.